The Morgan fingerprint density at radius 3 is 2.95 bits per heavy atom. The topological polar surface area (TPSA) is 78.3 Å². The van der Waals surface area contributed by atoms with Crippen LogP contribution in [0, 0.1) is 6.92 Å². The van der Waals surface area contributed by atoms with E-state index in [1.165, 1.54) is 16.6 Å². The molecule has 2 rings (SSSR count). The maximum atomic E-state index is 9.44. The van der Waals surface area contributed by atoms with Crippen LogP contribution in [-0.4, -0.2) is 45.2 Å². The minimum absolute atomic E-state index is 0.232. The van der Waals surface area contributed by atoms with Crippen LogP contribution in [0.25, 0.3) is 10.2 Å². The largest absolute Gasteiger partial charge is 0.394 e. The molecule has 0 amide bonds. The quantitative estimate of drug-likeness (QED) is 0.558. The van der Waals surface area contributed by atoms with E-state index in [0.717, 1.165) is 21.8 Å². The van der Waals surface area contributed by atoms with Crippen LogP contribution in [0.5, 0.6) is 0 Å². The molecule has 104 valence electrons. The summed E-state index contributed by atoms with van der Waals surface area (Å²) in [7, 11) is 0. The van der Waals surface area contributed by atoms with Gasteiger partial charge in [0.25, 0.3) is 0 Å². The van der Waals surface area contributed by atoms with E-state index < -0.39 is 6.10 Å². The Labute approximate surface area is 120 Å². The van der Waals surface area contributed by atoms with E-state index in [0.29, 0.717) is 11.7 Å². The Bertz CT molecular complexity index is 559. The number of rotatable bonds is 6. The fourth-order valence-corrected chi connectivity index (χ4v) is 3.45. The lowest BCUT2D eigenvalue weighted by Gasteiger charge is -2.08. The monoisotopic (exact) mass is 299 g/mol. The number of aryl methyl sites for hydroxylation is 1. The van der Waals surface area contributed by atoms with Crippen molar-refractivity contribution in [1.82, 2.24) is 9.97 Å². The summed E-state index contributed by atoms with van der Waals surface area (Å²) in [5, 5.41) is 23.3. The van der Waals surface area contributed by atoms with Gasteiger partial charge in [-0.1, -0.05) is 0 Å². The maximum absolute atomic E-state index is 9.44. The highest BCUT2D eigenvalue weighted by molar-refractivity contribution is 7.99. The average Bonchev–Trinajstić information content (AvgIpc) is 2.76. The number of thiophene rings is 1. The van der Waals surface area contributed by atoms with Crippen LogP contribution in [0.4, 0.5) is 5.95 Å². The minimum Gasteiger partial charge on any atom is -0.394 e. The van der Waals surface area contributed by atoms with Gasteiger partial charge >= 0.3 is 0 Å². The number of aliphatic hydroxyl groups is 2. The number of anilines is 1. The summed E-state index contributed by atoms with van der Waals surface area (Å²) in [5.74, 6) is 1.03. The number of aliphatic hydroxyl groups excluding tert-OH is 2. The minimum atomic E-state index is -0.725. The molecule has 0 saturated carbocycles. The van der Waals surface area contributed by atoms with Crippen LogP contribution in [0.3, 0.4) is 0 Å². The third kappa shape index (κ3) is 3.56. The Morgan fingerprint density at radius 1 is 1.47 bits per heavy atom. The number of hydrogen-bond acceptors (Lipinski definition) is 7. The molecule has 0 bridgehead atoms. The predicted molar refractivity (Wildman–Crippen MR) is 80.1 cm³/mol. The van der Waals surface area contributed by atoms with Crippen molar-refractivity contribution >= 4 is 39.3 Å². The molecule has 0 aliphatic rings. The zero-order valence-electron chi connectivity index (χ0n) is 10.9. The van der Waals surface area contributed by atoms with Gasteiger partial charge in [-0.25, -0.2) is 9.97 Å². The highest BCUT2D eigenvalue weighted by Crippen LogP contribution is 2.32. The van der Waals surface area contributed by atoms with Crippen LogP contribution >= 0.6 is 23.1 Å². The third-order valence-corrected chi connectivity index (χ3v) is 4.52. The molecule has 0 saturated heterocycles. The molecule has 2 heterocycles. The van der Waals surface area contributed by atoms with Crippen molar-refractivity contribution < 1.29 is 10.2 Å². The van der Waals surface area contributed by atoms with Gasteiger partial charge < -0.3 is 15.5 Å². The standard InChI is InChI=1S/C12H17N3O2S2/c1-3-13-12-14-10(18-6-8(17)5-16)9-4-7(2)19-11(9)15-12/h4,8,16-17H,3,5-6H2,1-2H3,(H,13,14,15). The van der Waals surface area contributed by atoms with Crippen LogP contribution < -0.4 is 5.32 Å². The van der Waals surface area contributed by atoms with Gasteiger partial charge in [-0.3, -0.25) is 0 Å². The summed E-state index contributed by atoms with van der Waals surface area (Å²) in [4.78, 5) is 11.1. The number of nitrogens with zero attached hydrogens (tertiary/aromatic N) is 2. The lowest BCUT2D eigenvalue weighted by Crippen LogP contribution is -2.14. The van der Waals surface area contributed by atoms with Crippen molar-refractivity contribution in [3.63, 3.8) is 0 Å². The molecule has 1 atom stereocenters. The van der Waals surface area contributed by atoms with Crippen molar-refractivity contribution in [1.29, 1.82) is 0 Å². The number of fused-ring (bicyclic) bond motifs is 1. The van der Waals surface area contributed by atoms with Gasteiger partial charge in [-0.2, -0.15) is 0 Å². The van der Waals surface area contributed by atoms with Crippen LogP contribution in [0.15, 0.2) is 11.1 Å². The van der Waals surface area contributed by atoms with Gasteiger partial charge in [-0.05, 0) is 19.9 Å². The van der Waals surface area contributed by atoms with Crippen molar-refractivity contribution in [3.05, 3.63) is 10.9 Å². The first-order chi connectivity index (χ1) is 9.13. The van der Waals surface area contributed by atoms with E-state index in [1.54, 1.807) is 11.3 Å². The summed E-state index contributed by atoms with van der Waals surface area (Å²) < 4.78 is 0. The van der Waals surface area contributed by atoms with E-state index in [4.69, 9.17) is 5.11 Å². The lowest BCUT2D eigenvalue weighted by atomic mass is 10.4. The van der Waals surface area contributed by atoms with Gasteiger partial charge in [0.15, 0.2) is 0 Å². The summed E-state index contributed by atoms with van der Waals surface area (Å²) in [6, 6.07) is 2.06. The highest BCUT2D eigenvalue weighted by atomic mass is 32.2. The second-order valence-corrected chi connectivity index (χ2v) is 6.35. The van der Waals surface area contributed by atoms with E-state index in [-0.39, 0.29) is 6.61 Å². The second kappa shape index (κ2) is 6.51. The van der Waals surface area contributed by atoms with Crippen LogP contribution in [-0.2, 0) is 0 Å². The smallest absolute Gasteiger partial charge is 0.225 e. The molecule has 3 N–H and O–H groups in total. The fourth-order valence-electron chi connectivity index (χ4n) is 1.59. The lowest BCUT2D eigenvalue weighted by molar-refractivity contribution is 0.113. The summed E-state index contributed by atoms with van der Waals surface area (Å²) in [6.45, 7) is 4.56. The molecule has 7 heteroatoms. The Balaban J connectivity index is 2.32. The molecule has 1 unspecified atom stereocenters. The van der Waals surface area contributed by atoms with Gasteiger partial charge in [0.1, 0.15) is 9.86 Å². The first kappa shape index (κ1) is 14.5. The summed E-state index contributed by atoms with van der Waals surface area (Å²) in [6.07, 6.45) is -0.725. The highest BCUT2D eigenvalue weighted by Gasteiger charge is 2.12. The molecule has 5 nitrogen and oxygen atoms in total. The molecule has 2 aromatic rings. The SMILES string of the molecule is CCNc1nc(SCC(O)CO)c2cc(C)sc2n1. The van der Waals surface area contributed by atoms with Crippen molar-refractivity contribution in [2.45, 2.75) is 25.0 Å². The number of thioether (sulfide) groups is 1. The molecule has 0 spiro atoms. The molecule has 0 aliphatic heterocycles. The summed E-state index contributed by atoms with van der Waals surface area (Å²) in [5.41, 5.74) is 0. The Hall–Kier alpha value is -0.890. The maximum Gasteiger partial charge on any atom is 0.225 e. The van der Waals surface area contributed by atoms with Crippen LogP contribution in [0.1, 0.15) is 11.8 Å². The average molecular weight is 299 g/mol. The zero-order valence-corrected chi connectivity index (χ0v) is 12.5. The molecule has 0 fully saturated rings. The number of hydrogen-bond donors (Lipinski definition) is 3. The third-order valence-electron chi connectivity index (χ3n) is 2.44. The predicted octanol–water partition coefficient (Wildman–Crippen LogP) is 1.88. The number of aromatic nitrogens is 2. The molecule has 0 radical (unpaired) electrons. The molecule has 0 aromatic carbocycles. The molecule has 19 heavy (non-hydrogen) atoms. The molecular weight excluding hydrogens is 282 g/mol. The number of nitrogens with one attached hydrogen (secondary N) is 1. The van der Waals surface area contributed by atoms with Crippen molar-refractivity contribution in [2.24, 2.45) is 0 Å². The van der Waals surface area contributed by atoms with Crippen LogP contribution in [0.2, 0.25) is 0 Å². The van der Waals surface area contributed by atoms with Gasteiger partial charge in [-0.15, -0.1) is 23.1 Å². The molecular formula is C12H17N3O2S2. The Kier molecular flexibility index (Phi) is 4.98. The van der Waals surface area contributed by atoms with E-state index in [9.17, 15) is 5.11 Å². The van der Waals surface area contributed by atoms with E-state index in [1.807, 2.05) is 13.8 Å². The zero-order chi connectivity index (χ0) is 13.8. The van der Waals surface area contributed by atoms with E-state index >= 15 is 0 Å². The molecule has 0 aliphatic carbocycles. The normalized spacial score (nSPS) is 12.8. The first-order valence-electron chi connectivity index (χ1n) is 6.07. The van der Waals surface area contributed by atoms with E-state index in [2.05, 4.69) is 21.4 Å². The van der Waals surface area contributed by atoms with Crippen molar-refractivity contribution in [2.75, 3.05) is 24.2 Å². The van der Waals surface area contributed by atoms with Gasteiger partial charge in [0, 0.05) is 22.6 Å². The van der Waals surface area contributed by atoms with Gasteiger partial charge in [0.05, 0.1) is 12.7 Å². The first-order valence-corrected chi connectivity index (χ1v) is 7.88. The Morgan fingerprint density at radius 2 is 2.26 bits per heavy atom. The van der Waals surface area contributed by atoms with Crippen molar-refractivity contribution in [3.8, 4) is 0 Å². The summed E-state index contributed by atoms with van der Waals surface area (Å²) >= 11 is 3.07. The fraction of sp³-hybridized carbons (Fsp3) is 0.500. The second-order valence-electron chi connectivity index (χ2n) is 4.11. The van der Waals surface area contributed by atoms with Gasteiger partial charge in [0.2, 0.25) is 5.95 Å². The molecule has 2 aromatic heterocycles.